The van der Waals surface area contributed by atoms with Crippen molar-refractivity contribution in [2.75, 3.05) is 24.4 Å². The van der Waals surface area contributed by atoms with Gasteiger partial charge in [0.1, 0.15) is 0 Å². The summed E-state index contributed by atoms with van der Waals surface area (Å²) in [6.45, 7) is 4.24. The Bertz CT molecular complexity index is 523. The third-order valence-corrected chi connectivity index (χ3v) is 5.06. The van der Waals surface area contributed by atoms with Crippen LogP contribution < -0.4 is 10.0 Å². The van der Waals surface area contributed by atoms with Gasteiger partial charge in [-0.25, -0.2) is 0 Å². The molecule has 1 saturated heterocycles. The van der Waals surface area contributed by atoms with Crippen molar-refractivity contribution in [1.29, 1.82) is 0 Å². The smallest absolute Gasteiger partial charge is 0.303 e. The number of nitrogens with one attached hydrogen (secondary N) is 2. The highest BCUT2D eigenvalue weighted by molar-refractivity contribution is 7.90. The molecule has 0 spiro atoms. The van der Waals surface area contributed by atoms with E-state index in [0.29, 0.717) is 13.1 Å². The van der Waals surface area contributed by atoms with Crippen LogP contribution in [-0.2, 0) is 10.2 Å². The predicted octanol–water partition coefficient (Wildman–Crippen LogP) is 0.987. The maximum absolute atomic E-state index is 12.5. The van der Waals surface area contributed by atoms with Crippen LogP contribution in [0.2, 0.25) is 0 Å². The number of aromatic nitrogens is 2. The highest BCUT2D eigenvalue weighted by atomic mass is 32.2. The van der Waals surface area contributed by atoms with Gasteiger partial charge in [0.25, 0.3) is 0 Å². The van der Waals surface area contributed by atoms with Crippen LogP contribution in [0.4, 0.5) is 5.82 Å². The van der Waals surface area contributed by atoms with Gasteiger partial charge in [0.05, 0.1) is 0 Å². The minimum absolute atomic E-state index is 0.000489. The minimum Gasteiger partial charge on any atom is -0.315 e. The van der Waals surface area contributed by atoms with Gasteiger partial charge in [-0.1, -0.05) is 13.3 Å². The summed E-state index contributed by atoms with van der Waals surface area (Å²) >= 11 is 0. The van der Waals surface area contributed by atoms with Crippen LogP contribution in [0.1, 0.15) is 32.6 Å². The van der Waals surface area contributed by atoms with Gasteiger partial charge < -0.3 is 5.32 Å². The zero-order valence-electron chi connectivity index (χ0n) is 12.3. The quantitative estimate of drug-likeness (QED) is 0.733. The molecule has 0 amide bonds. The Morgan fingerprint density at radius 2 is 2.29 bits per heavy atom. The molecule has 2 N–H and O–H groups in total. The van der Waals surface area contributed by atoms with Gasteiger partial charge in [-0.3, -0.25) is 4.72 Å². The SMILES string of the molecule is CCCNCC1CCCCN1S(=O)(=O)Nc1cccnn1. The van der Waals surface area contributed by atoms with Crippen LogP contribution >= 0.6 is 0 Å². The molecule has 1 unspecified atom stereocenters. The summed E-state index contributed by atoms with van der Waals surface area (Å²) in [5.41, 5.74) is 0. The topological polar surface area (TPSA) is 87.2 Å². The first-order valence-electron chi connectivity index (χ1n) is 7.41. The van der Waals surface area contributed by atoms with Gasteiger partial charge in [-0.15, -0.1) is 5.10 Å². The lowest BCUT2D eigenvalue weighted by atomic mass is 10.1. The van der Waals surface area contributed by atoms with Crippen LogP contribution in [0, 0.1) is 0 Å². The summed E-state index contributed by atoms with van der Waals surface area (Å²) in [5, 5.41) is 10.8. The number of rotatable bonds is 7. The van der Waals surface area contributed by atoms with Crippen LogP contribution in [0.15, 0.2) is 18.3 Å². The summed E-state index contributed by atoms with van der Waals surface area (Å²) in [4.78, 5) is 0. The van der Waals surface area contributed by atoms with Crippen LogP contribution in [0.25, 0.3) is 0 Å². The molecule has 0 saturated carbocycles. The molecule has 0 aromatic carbocycles. The Labute approximate surface area is 126 Å². The Hall–Kier alpha value is -1.25. The van der Waals surface area contributed by atoms with E-state index in [1.807, 2.05) is 0 Å². The maximum atomic E-state index is 12.5. The standard InChI is InChI=1S/C13H23N5O2S/c1-2-8-14-11-12-6-3-4-10-18(12)21(19,20)17-13-7-5-9-15-16-13/h5,7,9,12,14H,2-4,6,8,10-11H2,1H3,(H,16,17). The zero-order valence-corrected chi connectivity index (χ0v) is 13.1. The van der Waals surface area contributed by atoms with Gasteiger partial charge in [-0.05, 0) is 37.9 Å². The molecule has 2 heterocycles. The number of hydrogen-bond acceptors (Lipinski definition) is 5. The molecule has 1 atom stereocenters. The monoisotopic (exact) mass is 313 g/mol. The van der Waals surface area contributed by atoms with E-state index >= 15 is 0 Å². The Morgan fingerprint density at radius 1 is 1.43 bits per heavy atom. The molecule has 0 radical (unpaired) electrons. The summed E-state index contributed by atoms with van der Waals surface area (Å²) in [5.74, 6) is 0.253. The van der Waals surface area contributed by atoms with Gasteiger partial charge in [0.15, 0.2) is 5.82 Å². The van der Waals surface area contributed by atoms with E-state index in [4.69, 9.17) is 0 Å². The fourth-order valence-electron chi connectivity index (χ4n) is 2.49. The van der Waals surface area contributed by atoms with Crippen molar-refractivity contribution < 1.29 is 8.42 Å². The highest BCUT2D eigenvalue weighted by Gasteiger charge is 2.32. The Morgan fingerprint density at radius 3 is 3.00 bits per heavy atom. The molecule has 1 aromatic heterocycles. The van der Waals surface area contributed by atoms with Gasteiger partial charge in [0, 0.05) is 25.3 Å². The first-order valence-corrected chi connectivity index (χ1v) is 8.85. The van der Waals surface area contributed by atoms with Crippen molar-refractivity contribution in [3.63, 3.8) is 0 Å². The van der Waals surface area contributed by atoms with Crippen molar-refractivity contribution in [3.05, 3.63) is 18.3 Å². The second-order valence-electron chi connectivity index (χ2n) is 5.18. The Balaban J connectivity index is 2.04. The fraction of sp³-hybridized carbons (Fsp3) is 0.692. The fourth-order valence-corrected chi connectivity index (χ4v) is 3.92. The second-order valence-corrected chi connectivity index (χ2v) is 6.80. The van der Waals surface area contributed by atoms with Gasteiger partial charge in [-0.2, -0.15) is 17.8 Å². The number of anilines is 1. The van der Waals surface area contributed by atoms with E-state index in [1.54, 1.807) is 16.4 Å². The number of nitrogens with zero attached hydrogens (tertiary/aromatic N) is 3. The molecule has 2 rings (SSSR count). The van der Waals surface area contributed by atoms with Crippen LogP contribution in [-0.4, -0.2) is 48.6 Å². The van der Waals surface area contributed by atoms with Crippen molar-refractivity contribution in [1.82, 2.24) is 19.8 Å². The first kappa shape index (κ1) is 16.1. The van der Waals surface area contributed by atoms with Crippen LogP contribution in [0.5, 0.6) is 0 Å². The summed E-state index contributed by atoms with van der Waals surface area (Å²) < 4.78 is 29.1. The summed E-state index contributed by atoms with van der Waals surface area (Å²) in [6.07, 6.45) is 5.40. The average molecular weight is 313 g/mol. The van der Waals surface area contributed by atoms with Crippen molar-refractivity contribution in [3.8, 4) is 0 Å². The normalized spacial score (nSPS) is 20.3. The van der Waals surface area contributed by atoms with Crippen LogP contribution in [0.3, 0.4) is 0 Å². The molecule has 0 bridgehead atoms. The third kappa shape index (κ3) is 4.62. The van der Waals surface area contributed by atoms with Crippen molar-refractivity contribution >= 4 is 16.0 Å². The lowest BCUT2D eigenvalue weighted by molar-refractivity contribution is 0.247. The van der Waals surface area contributed by atoms with Gasteiger partial charge >= 0.3 is 10.2 Å². The molecule has 118 valence electrons. The molecule has 0 aliphatic carbocycles. The molecule has 21 heavy (non-hydrogen) atoms. The minimum atomic E-state index is -3.58. The highest BCUT2D eigenvalue weighted by Crippen LogP contribution is 2.21. The predicted molar refractivity (Wildman–Crippen MR) is 82.1 cm³/mol. The van der Waals surface area contributed by atoms with E-state index in [9.17, 15) is 8.42 Å². The van der Waals surface area contributed by atoms with E-state index in [0.717, 1.165) is 32.2 Å². The number of piperidine rings is 1. The number of hydrogen-bond donors (Lipinski definition) is 2. The van der Waals surface area contributed by atoms with E-state index in [2.05, 4.69) is 27.2 Å². The molecular formula is C13H23N5O2S. The lowest BCUT2D eigenvalue weighted by Gasteiger charge is -2.34. The average Bonchev–Trinajstić information content (AvgIpc) is 2.48. The zero-order chi connectivity index (χ0) is 15.1. The molecule has 8 heteroatoms. The molecule has 1 aliphatic heterocycles. The van der Waals surface area contributed by atoms with Crippen molar-refractivity contribution in [2.24, 2.45) is 0 Å². The largest absolute Gasteiger partial charge is 0.315 e. The van der Waals surface area contributed by atoms with E-state index in [1.165, 1.54) is 6.20 Å². The molecule has 1 fully saturated rings. The van der Waals surface area contributed by atoms with E-state index < -0.39 is 10.2 Å². The second kappa shape index (κ2) is 7.67. The first-order chi connectivity index (χ1) is 10.1. The molecule has 1 aromatic rings. The van der Waals surface area contributed by atoms with E-state index in [-0.39, 0.29) is 11.9 Å². The molecular weight excluding hydrogens is 290 g/mol. The third-order valence-electron chi connectivity index (χ3n) is 3.49. The Kier molecular flexibility index (Phi) is 5.89. The maximum Gasteiger partial charge on any atom is 0.303 e. The summed E-state index contributed by atoms with van der Waals surface area (Å²) in [7, 11) is -3.58. The van der Waals surface area contributed by atoms with Gasteiger partial charge in [0.2, 0.25) is 0 Å². The summed E-state index contributed by atoms with van der Waals surface area (Å²) in [6, 6.07) is 3.25. The lowest BCUT2D eigenvalue weighted by Crippen LogP contribution is -2.50. The molecule has 1 aliphatic rings. The molecule has 7 nitrogen and oxygen atoms in total. The van der Waals surface area contributed by atoms with Crippen molar-refractivity contribution in [2.45, 2.75) is 38.6 Å².